The Kier molecular flexibility index (Phi) is 7.34. The number of aryl methyl sites for hydroxylation is 3. The molecule has 9 heteroatoms. The van der Waals surface area contributed by atoms with E-state index in [1.54, 1.807) is 4.68 Å². The maximum absolute atomic E-state index is 4.76. The molecule has 4 aromatic rings. The summed E-state index contributed by atoms with van der Waals surface area (Å²) >= 11 is 0. The molecule has 2 aliphatic heterocycles. The van der Waals surface area contributed by atoms with Crippen LogP contribution in [0.1, 0.15) is 24.0 Å². The SMILES string of the molecule is Cc1cccc(C)c1Nc1nn(C)c2nc(Nc3ccc(N4CCN(CC5CCNCC5)CC4)cc3)ncc12. The van der Waals surface area contributed by atoms with Gasteiger partial charge in [-0.2, -0.15) is 10.1 Å². The Morgan fingerprint density at radius 3 is 2.36 bits per heavy atom. The van der Waals surface area contributed by atoms with Crippen molar-refractivity contribution in [3.8, 4) is 0 Å². The second-order valence-electron chi connectivity index (χ2n) is 10.9. The van der Waals surface area contributed by atoms with Crippen molar-refractivity contribution in [2.75, 3.05) is 61.3 Å². The molecule has 0 spiro atoms. The van der Waals surface area contributed by atoms with Crippen molar-refractivity contribution >= 4 is 39.9 Å². The van der Waals surface area contributed by atoms with Crippen LogP contribution in [0.15, 0.2) is 48.7 Å². The van der Waals surface area contributed by atoms with Crippen LogP contribution in [0.3, 0.4) is 0 Å². The molecular formula is C30H39N9. The third kappa shape index (κ3) is 5.69. The zero-order chi connectivity index (χ0) is 26.8. The van der Waals surface area contributed by atoms with Crippen LogP contribution < -0.4 is 20.9 Å². The van der Waals surface area contributed by atoms with Crippen LogP contribution >= 0.6 is 0 Å². The van der Waals surface area contributed by atoms with Gasteiger partial charge in [-0.1, -0.05) is 18.2 Å². The Morgan fingerprint density at radius 1 is 0.923 bits per heavy atom. The van der Waals surface area contributed by atoms with Crippen LogP contribution in [0.25, 0.3) is 11.0 Å². The first-order valence-electron chi connectivity index (χ1n) is 14.1. The van der Waals surface area contributed by atoms with Gasteiger partial charge in [-0.25, -0.2) is 9.67 Å². The first kappa shape index (κ1) is 25.6. The maximum atomic E-state index is 4.76. The quantitative estimate of drug-likeness (QED) is 0.323. The van der Waals surface area contributed by atoms with Crippen molar-refractivity contribution in [2.24, 2.45) is 13.0 Å². The molecule has 0 radical (unpaired) electrons. The van der Waals surface area contributed by atoms with E-state index in [4.69, 9.17) is 4.98 Å². The van der Waals surface area contributed by atoms with Crippen molar-refractivity contribution in [3.63, 3.8) is 0 Å². The summed E-state index contributed by atoms with van der Waals surface area (Å²) in [6, 6.07) is 14.9. The summed E-state index contributed by atoms with van der Waals surface area (Å²) < 4.78 is 1.80. The third-order valence-electron chi connectivity index (χ3n) is 8.14. The van der Waals surface area contributed by atoms with Crippen LogP contribution in [0, 0.1) is 19.8 Å². The number of piperidine rings is 1. The van der Waals surface area contributed by atoms with E-state index in [0.29, 0.717) is 5.95 Å². The van der Waals surface area contributed by atoms with Gasteiger partial charge in [0.05, 0.1) is 5.39 Å². The van der Waals surface area contributed by atoms with Crippen molar-refractivity contribution < 1.29 is 0 Å². The number of aromatic nitrogens is 4. The Labute approximate surface area is 230 Å². The van der Waals surface area contributed by atoms with E-state index in [-0.39, 0.29) is 0 Å². The maximum Gasteiger partial charge on any atom is 0.229 e. The number of hydrogen-bond donors (Lipinski definition) is 3. The van der Waals surface area contributed by atoms with E-state index in [1.807, 2.05) is 13.2 Å². The fourth-order valence-corrected chi connectivity index (χ4v) is 5.82. The van der Waals surface area contributed by atoms with Gasteiger partial charge in [0.2, 0.25) is 5.95 Å². The molecular weight excluding hydrogens is 486 g/mol. The average Bonchev–Trinajstić information content (AvgIpc) is 3.26. The molecule has 0 saturated carbocycles. The molecule has 0 unspecified atom stereocenters. The minimum atomic E-state index is 0.559. The summed E-state index contributed by atoms with van der Waals surface area (Å²) in [5.41, 5.74) is 6.44. The second-order valence-corrected chi connectivity index (χ2v) is 10.9. The van der Waals surface area contributed by atoms with Crippen LogP contribution in [-0.2, 0) is 7.05 Å². The van der Waals surface area contributed by atoms with Crippen LogP contribution in [-0.4, -0.2) is 70.5 Å². The fraction of sp³-hybridized carbons (Fsp3) is 0.433. The van der Waals surface area contributed by atoms with E-state index < -0.39 is 0 Å². The molecule has 2 fully saturated rings. The molecule has 2 saturated heterocycles. The number of anilines is 5. The standard InChI is InChI=1S/C30H39N9/c1-21-5-4-6-22(2)27(21)34-28-26-19-32-30(35-29(26)37(3)36-28)33-24-7-9-25(10-8-24)39-17-15-38(16-18-39)20-23-11-13-31-14-12-23/h4-10,19,23,31H,11-18,20H2,1-3H3,(H,34,36)(H,32,33,35). The number of fused-ring (bicyclic) bond motifs is 1. The number of hydrogen-bond acceptors (Lipinski definition) is 8. The number of nitrogens with one attached hydrogen (secondary N) is 3. The smallest absolute Gasteiger partial charge is 0.229 e. The lowest BCUT2D eigenvalue weighted by molar-refractivity contribution is 0.196. The van der Waals surface area contributed by atoms with Gasteiger partial charge < -0.3 is 20.9 Å². The summed E-state index contributed by atoms with van der Waals surface area (Å²) in [5, 5.41) is 15.9. The lowest BCUT2D eigenvalue weighted by Gasteiger charge is -2.38. The number of benzene rings is 2. The summed E-state index contributed by atoms with van der Waals surface area (Å²) in [6.07, 6.45) is 4.47. The summed E-state index contributed by atoms with van der Waals surface area (Å²) in [5.74, 6) is 2.18. The first-order valence-corrected chi connectivity index (χ1v) is 14.1. The van der Waals surface area contributed by atoms with Crippen LogP contribution in [0.2, 0.25) is 0 Å². The Bertz CT molecular complexity index is 1390. The molecule has 39 heavy (non-hydrogen) atoms. The number of piperazine rings is 1. The van der Waals surface area contributed by atoms with Gasteiger partial charge in [-0.3, -0.25) is 4.90 Å². The van der Waals surface area contributed by atoms with Crippen molar-refractivity contribution in [1.82, 2.24) is 30.0 Å². The normalized spacial score (nSPS) is 17.1. The summed E-state index contributed by atoms with van der Waals surface area (Å²) in [6.45, 7) is 12.2. The molecule has 0 bridgehead atoms. The Balaban J connectivity index is 1.08. The molecule has 2 aromatic carbocycles. The van der Waals surface area contributed by atoms with E-state index in [2.05, 4.69) is 92.1 Å². The van der Waals surface area contributed by atoms with E-state index in [0.717, 1.165) is 60.3 Å². The third-order valence-corrected chi connectivity index (χ3v) is 8.14. The van der Waals surface area contributed by atoms with E-state index in [1.165, 1.54) is 49.3 Å². The number of para-hydroxylation sites is 1. The van der Waals surface area contributed by atoms with Crippen molar-refractivity contribution in [1.29, 1.82) is 0 Å². The van der Waals surface area contributed by atoms with Gasteiger partial charge >= 0.3 is 0 Å². The topological polar surface area (TPSA) is 86.2 Å². The molecule has 4 heterocycles. The van der Waals surface area contributed by atoms with Gasteiger partial charge in [-0.15, -0.1) is 0 Å². The monoisotopic (exact) mass is 525 g/mol. The Hall–Kier alpha value is -3.69. The second kappa shape index (κ2) is 11.2. The Morgan fingerprint density at radius 2 is 1.64 bits per heavy atom. The van der Waals surface area contributed by atoms with Crippen LogP contribution in [0.5, 0.6) is 0 Å². The lowest BCUT2D eigenvalue weighted by Crippen LogP contribution is -2.48. The number of rotatable bonds is 7. The van der Waals surface area contributed by atoms with Gasteiger partial charge in [0.25, 0.3) is 0 Å². The van der Waals surface area contributed by atoms with Gasteiger partial charge in [0, 0.05) is 63.0 Å². The molecule has 2 aromatic heterocycles. The zero-order valence-corrected chi connectivity index (χ0v) is 23.2. The molecule has 204 valence electrons. The van der Waals surface area contributed by atoms with Crippen LogP contribution in [0.4, 0.5) is 28.8 Å². The highest BCUT2D eigenvalue weighted by molar-refractivity contribution is 5.90. The molecule has 0 aliphatic carbocycles. The van der Waals surface area contributed by atoms with Gasteiger partial charge in [-0.05, 0) is 81.1 Å². The average molecular weight is 526 g/mol. The molecule has 6 rings (SSSR count). The van der Waals surface area contributed by atoms with Gasteiger partial charge in [0.15, 0.2) is 11.5 Å². The molecule has 2 aliphatic rings. The largest absolute Gasteiger partial charge is 0.369 e. The number of nitrogens with zero attached hydrogens (tertiary/aromatic N) is 6. The van der Waals surface area contributed by atoms with Crippen molar-refractivity contribution in [2.45, 2.75) is 26.7 Å². The lowest BCUT2D eigenvalue weighted by atomic mass is 9.97. The highest BCUT2D eigenvalue weighted by Crippen LogP contribution is 2.29. The molecule has 3 N–H and O–H groups in total. The van der Waals surface area contributed by atoms with E-state index in [9.17, 15) is 0 Å². The minimum Gasteiger partial charge on any atom is -0.369 e. The predicted octanol–water partition coefficient (Wildman–Crippen LogP) is 4.59. The highest BCUT2D eigenvalue weighted by atomic mass is 15.3. The summed E-state index contributed by atoms with van der Waals surface area (Å²) in [7, 11) is 1.91. The summed E-state index contributed by atoms with van der Waals surface area (Å²) in [4.78, 5) is 14.5. The van der Waals surface area contributed by atoms with Gasteiger partial charge in [0.1, 0.15) is 0 Å². The van der Waals surface area contributed by atoms with E-state index >= 15 is 0 Å². The molecule has 9 nitrogen and oxygen atoms in total. The fourth-order valence-electron chi connectivity index (χ4n) is 5.82. The highest BCUT2D eigenvalue weighted by Gasteiger charge is 2.21. The zero-order valence-electron chi connectivity index (χ0n) is 23.2. The molecule has 0 amide bonds. The first-order chi connectivity index (χ1) is 19.0. The predicted molar refractivity (Wildman–Crippen MR) is 159 cm³/mol. The minimum absolute atomic E-state index is 0.559. The molecule has 0 atom stereocenters. The van der Waals surface area contributed by atoms with Crippen molar-refractivity contribution in [3.05, 3.63) is 59.8 Å².